The zero-order valence-electron chi connectivity index (χ0n) is 38.9. The van der Waals surface area contributed by atoms with E-state index in [2.05, 4.69) is 30.6 Å². The van der Waals surface area contributed by atoms with E-state index in [0.29, 0.717) is 31.1 Å². The Morgan fingerprint density at radius 2 is 1.13 bits per heavy atom. The predicted molar refractivity (Wildman–Crippen MR) is 239 cm³/mol. The van der Waals surface area contributed by atoms with E-state index >= 15 is 0 Å². The molecule has 5 atom stereocenters. The minimum Gasteiger partial charge on any atom is -0.490 e. The highest BCUT2D eigenvalue weighted by atomic mass is 32.3. The lowest BCUT2D eigenvalue weighted by atomic mass is 9.96. The Bertz CT molecular complexity index is 1420. The summed E-state index contributed by atoms with van der Waals surface area (Å²) in [6, 6.07) is 3.22. The van der Waals surface area contributed by atoms with Gasteiger partial charge in [0.05, 0.1) is 19.8 Å². The van der Waals surface area contributed by atoms with Crippen molar-refractivity contribution in [3.63, 3.8) is 0 Å². The van der Waals surface area contributed by atoms with Crippen molar-refractivity contribution in [1.82, 2.24) is 5.32 Å². The lowest BCUT2D eigenvalue weighted by molar-refractivity contribution is -0.252. The van der Waals surface area contributed by atoms with E-state index in [4.69, 9.17) is 24.6 Å². The van der Waals surface area contributed by atoms with Crippen LogP contribution in [-0.2, 0) is 28.9 Å². The summed E-state index contributed by atoms with van der Waals surface area (Å²) in [5.41, 5.74) is 0.137. The number of amides is 1. The van der Waals surface area contributed by atoms with E-state index in [-0.39, 0.29) is 12.0 Å². The fraction of sp³-hybridized carbons (Fsp3) is 0.830. The highest BCUT2D eigenvalue weighted by molar-refractivity contribution is 7.80. The number of hydrogen-bond acceptors (Lipinski definition) is 12. The van der Waals surface area contributed by atoms with Crippen LogP contribution in [0, 0.1) is 0 Å². The molecule has 1 saturated heterocycles. The summed E-state index contributed by atoms with van der Waals surface area (Å²) >= 11 is 0. The first kappa shape index (κ1) is 52.9. The van der Waals surface area contributed by atoms with Gasteiger partial charge >= 0.3 is 16.4 Å². The van der Waals surface area contributed by atoms with Crippen molar-refractivity contribution in [2.45, 2.75) is 231 Å². The standard InChI is InChI=1S/C47H83NO12S/c1-4-7-10-13-16-19-20-21-22-25-28-31-42(50)59-45-43(47(52)58-41(37-49)44(45)60-61(53,54)55)48-46(51)38-32-33-39(56-34-29-26-23-17-14-11-8-5-2)40(36-38)57-35-30-27-24-18-15-12-9-6-3/h32-33,36,41,43-45,47,49,52H,4-31,34-35,37H2,1-3H3,(H,48,51)(H,53,54,55)/t41-,43-,44-,45-,47?/m1/s1/i/hD. The molecule has 1 heterocycles. The Kier molecular flexibility index (Phi) is 29.4. The van der Waals surface area contributed by atoms with Gasteiger partial charge in [0, 0.05) is 12.0 Å². The largest absolute Gasteiger partial charge is 0.490 e. The van der Waals surface area contributed by atoms with Gasteiger partial charge in [-0.3, -0.25) is 14.1 Å². The molecule has 1 amide bonds. The molecule has 1 unspecified atom stereocenters. The Balaban J connectivity index is 2.16. The van der Waals surface area contributed by atoms with Crippen molar-refractivity contribution in [2.24, 2.45) is 0 Å². The first-order valence-electron chi connectivity index (χ1n) is 24.4. The van der Waals surface area contributed by atoms with Crippen LogP contribution in [0.1, 0.15) is 211 Å². The Hall–Kier alpha value is -2.49. The van der Waals surface area contributed by atoms with Crippen LogP contribution in [0.5, 0.6) is 11.5 Å². The SMILES string of the molecule is [2H]OS(=O)(=O)O[C@H]1[C@H](OC(=O)CCCCCCCCCCCCC)[C@@H](NC(=O)c2ccc(OCCCCCCCCCC)c(OCCCCCCCCCC)c2)C(O)O[C@@H]1CO. The topological polar surface area (TPSA) is 187 Å². The van der Waals surface area contributed by atoms with E-state index in [9.17, 15) is 28.2 Å². The maximum atomic E-state index is 13.9. The highest BCUT2D eigenvalue weighted by Gasteiger charge is 2.50. The molecule has 1 aliphatic heterocycles. The Morgan fingerprint density at radius 1 is 0.672 bits per heavy atom. The van der Waals surface area contributed by atoms with Gasteiger partial charge < -0.3 is 34.5 Å². The summed E-state index contributed by atoms with van der Waals surface area (Å²) in [6.45, 7) is 6.69. The van der Waals surface area contributed by atoms with Crippen molar-refractivity contribution >= 4 is 22.3 Å². The zero-order valence-corrected chi connectivity index (χ0v) is 38.7. The monoisotopic (exact) mass is 887 g/mol. The molecule has 1 aromatic carbocycles. The number of carbonyl (C=O) groups is 2. The van der Waals surface area contributed by atoms with Gasteiger partial charge in [0.2, 0.25) is 1.43 Å². The number of carbonyl (C=O) groups excluding carboxylic acids is 2. The molecule has 0 aliphatic carbocycles. The molecule has 1 fully saturated rings. The lowest BCUT2D eigenvalue weighted by Gasteiger charge is -2.43. The smallest absolute Gasteiger partial charge is 0.397 e. The van der Waals surface area contributed by atoms with E-state index in [0.717, 1.165) is 64.2 Å². The number of nitrogens with one attached hydrogen (secondary N) is 1. The number of ether oxygens (including phenoxy) is 4. The molecule has 13 nitrogen and oxygen atoms in total. The number of aliphatic hydroxyl groups is 2. The van der Waals surface area contributed by atoms with Crippen LogP contribution >= 0.6 is 0 Å². The minimum absolute atomic E-state index is 0.0106. The number of aliphatic hydroxyl groups excluding tert-OH is 2. The van der Waals surface area contributed by atoms with E-state index < -0.39 is 59.5 Å². The summed E-state index contributed by atoms with van der Waals surface area (Å²) in [5.74, 6) is -0.547. The molecule has 0 radical (unpaired) electrons. The molecule has 2 rings (SSSR count). The molecule has 1 aliphatic rings. The predicted octanol–water partition coefficient (Wildman–Crippen LogP) is 10.3. The van der Waals surface area contributed by atoms with Crippen LogP contribution in [0.2, 0.25) is 0 Å². The van der Waals surface area contributed by atoms with Gasteiger partial charge in [-0.15, -0.1) is 0 Å². The molecule has 4 N–H and O–H groups in total. The Morgan fingerprint density at radius 3 is 1.61 bits per heavy atom. The third kappa shape index (κ3) is 24.8. The molecule has 354 valence electrons. The summed E-state index contributed by atoms with van der Waals surface area (Å²) in [7, 11) is -4.98. The summed E-state index contributed by atoms with van der Waals surface area (Å²) in [4.78, 5) is 27.1. The quantitative estimate of drug-likeness (QED) is 0.0279. The average molecular weight is 887 g/mol. The van der Waals surface area contributed by atoms with Crippen LogP contribution < -0.4 is 14.8 Å². The number of hydrogen-bond donors (Lipinski definition) is 4. The van der Waals surface area contributed by atoms with Crippen molar-refractivity contribution in [3.8, 4) is 11.5 Å². The van der Waals surface area contributed by atoms with Crippen LogP contribution in [0.25, 0.3) is 1.43 Å². The molecule has 0 spiro atoms. The van der Waals surface area contributed by atoms with Gasteiger partial charge in [0.1, 0.15) is 18.2 Å². The second-order valence-electron chi connectivity index (χ2n) is 16.8. The fourth-order valence-corrected chi connectivity index (χ4v) is 8.21. The molecule has 0 bridgehead atoms. The number of benzene rings is 1. The highest BCUT2D eigenvalue weighted by Crippen LogP contribution is 2.31. The van der Waals surface area contributed by atoms with Crippen LogP contribution in [0.15, 0.2) is 18.2 Å². The number of esters is 1. The maximum absolute atomic E-state index is 13.9. The van der Waals surface area contributed by atoms with Gasteiger partial charge in [0.25, 0.3) is 5.91 Å². The summed E-state index contributed by atoms with van der Waals surface area (Å²) < 4.78 is 64.0. The number of unbranched alkanes of at least 4 members (excludes halogenated alkanes) is 24. The van der Waals surface area contributed by atoms with E-state index in [1.54, 1.807) is 18.2 Å². The molecule has 1 aromatic rings. The Labute approximate surface area is 370 Å². The van der Waals surface area contributed by atoms with Gasteiger partial charge in [-0.1, -0.05) is 175 Å². The average Bonchev–Trinajstić information content (AvgIpc) is 3.26. The first-order valence-corrected chi connectivity index (χ1v) is 25.4. The van der Waals surface area contributed by atoms with Gasteiger partial charge in [-0.05, 0) is 37.5 Å². The van der Waals surface area contributed by atoms with Crippen molar-refractivity contribution < 1.29 is 55.9 Å². The molecular formula is C47H83NO12S. The third-order valence-corrected chi connectivity index (χ3v) is 11.8. The fourth-order valence-electron chi connectivity index (χ4n) is 7.71. The third-order valence-electron chi connectivity index (χ3n) is 11.3. The van der Waals surface area contributed by atoms with E-state index in [1.165, 1.54) is 103 Å². The molecule has 61 heavy (non-hydrogen) atoms. The second-order valence-corrected chi connectivity index (χ2v) is 17.8. The summed E-state index contributed by atoms with van der Waals surface area (Å²) in [6.07, 6.45) is 23.5. The molecule has 0 saturated carbocycles. The van der Waals surface area contributed by atoms with E-state index in [1.807, 2.05) is 0 Å². The van der Waals surface area contributed by atoms with Gasteiger partial charge in [-0.2, -0.15) is 8.42 Å². The molecule has 14 heteroatoms. The van der Waals surface area contributed by atoms with Gasteiger partial charge in [-0.25, -0.2) is 4.18 Å². The maximum Gasteiger partial charge on any atom is 0.397 e. The van der Waals surface area contributed by atoms with Crippen LogP contribution in [-0.4, -0.2) is 85.5 Å². The first-order chi connectivity index (χ1) is 30.1. The normalized spacial score (nSPS) is 19.4. The number of rotatable bonds is 39. The van der Waals surface area contributed by atoms with Crippen LogP contribution in [0.3, 0.4) is 0 Å². The van der Waals surface area contributed by atoms with Crippen molar-refractivity contribution in [1.29, 1.82) is 1.43 Å². The van der Waals surface area contributed by atoms with Crippen molar-refractivity contribution in [3.05, 3.63) is 23.8 Å². The van der Waals surface area contributed by atoms with Crippen molar-refractivity contribution in [2.75, 3.05) is 19.8 Å². The molecular weight excluding hydrogens is 803 g/mol. The molecule has 0 aromatic heterocycles. The second kappa shape index (κ2) is 34.0. The minimum atomic E-state index is -4.98. The van der Waals surface area contributed by atoms with Crippen LogP contribution in [0.4, 0.5) is 0 Å². The zero-order chi connectivity index (χ0) is 45.3. The lowest BCUT2D eigenvalue weighted by Crippen LogP contribution is -2.66. The van der Waals surface area contributed by atoms with Gasteiger partial charge in [0.15, 0.2) is 23.9 Å². The summed E-state index contributed by atoms with van der Waals surface area (Å²) in [5, 5.41) is 23.8.